The third kappa shape index (κ3) is 4.12. The van der Waals surface area contributed by atoms with Crippen LogP contribution in [0.3, 0.4) is 0 Å². The van der Waals surface area contributed by atoms with Gasteiger partial charge in [-0.15, -0.1) is 0 Å². The minimum atomic E-state index is -0.331. The Kier molecular flexibility index (Phi) is 5.91. The second-order valence-electron chi connectivity index (χ2n) is 7.10. The summed E-state index contributed by atoms with van der Waals surface area (Å²) >= 11 is 0. The average molecular weight is 349 g/mol. The van der Waals surface area contributed by atoms with Crippen molar-refractivity contribution < 1.29 is 13.9 Å². The Labute approximate surface area is 148 Å². The van der Waals surface area contributed by atoms with Crippen LogP contribution >= 0.6 is 0 Å². The topological polar surface area (TPSA) is 58.8 Å². The molecule has 6 heteroatoms. The standard InChI is InChI=1S/C19H28FN3O2/c1-25-18-6-5-14(11-17(18)20)13-22-7-9-23(10-8-22)19(24)16-4-2-3-15(16)12-21/h5-6,11,15-16H,2-4,7-10,12-13,21H2,1H3/t15-,16-/m1/s1. The Hall–Kier alpha value is -1.66. The van der Waals surface area contributed by atoms with Crippen molar-refractivity contribution in [2.24, 2.45) is 17.6 Å². The van der Waals surface area contributed by atoms with Gasteiger partial charge in [0, 0.05) is 38.6 Å². The van der Waals surface area contributed by atoms with Crippen molar-refractivity contribution in [3.8, 4) is 5.75 Å². The monoisotopic (exact) mass is 349 g/mol. The van der Waals surface area contributed by atoms with Crippen LogP contribution in [0.5, 0.6) is 5.75 Å². The number of hydrogen-bond acceptors (Lipinski definition) is 4. The third-order valence-corrected chi connectivity index (χ3v) is 5.59. The zero-order valence-electron chi connectivity index (χ0n) is 14.9. The van der Waals surface area contributed by atoms with Gasteiger partial charge in [0.2, 0.25) is 5.91 Å². The molecule has 0 radical (unpaired) electrons. The highest BCUT2D eigenvalue weighted by Crippen LogP contribution is 2.32. The van der Waals surface area contributed by atoms with Crippen LogP contribution in [0, 0.1) is 17.7 Å². The molecule has 1 aromatic rings. The molecule has 2 N–H and O–H groups in total. The number of carbonyl (C=O) groups excluding carboxylic acids is 1. The molecule has 0 aromatic heterocycles. The fourth-order valence-corrected chi connectivity index (χ4v) is 4.07. The predicted octanol–water partition coefficient (Wildman–Crippen LogP) is 1.85. The van der Waals surface area contributed by atoms with Crippen molar-refractivity contribution >= 4 is 5.91 Å². The van der Waals surface area contributed by atoms with E-state index in [1.165, 1.54) is 13.2 Å². The minimum Gasteiger partial charge on any atom is -0.494 e. The van der Waals surface area contributed by atoms with Crippen molar-refractivity contribution in [2.75, 3.05) is 39.8 Å². The lowest BCUT2D eigenvalue weighted by Crippen LogP contribution is -2.50. The second-order valence-corrected chi connectivity index (χ2v) is 7.10. The maximum absolute atomic E-state index is 13.8. The van der Waals surface area contributed by atoms with E-state index >= 15 is 0 Å². The highest BCUT2D eigenvalue weighted by atomic mass is 19.1. The van der Waals surface area contributed by atoms with Crippen LogP contribution in [-0.4, -0.2) is 55.5 Å². The summed E-state index contributed by atoms with van der Waals surface area (Å²) in [6.07, 6.45) is 3.17. The van der Waals surface area contributed by atoms with Crippen molar-refractivity contribution in [1.29, 1.82) is 0 Å². The predicted molar refractivity (Wildman–Crippen MR) is 94.7 cm³/mol. The summed E-state index contributed by atoms with van der Waals surface area (Å²) in [6.45, 7) is 4.42. The molecule has 0 spiro atoms. The molecule has 1 amide bonds. The van der Waals surface area contributed by atoms with E-state index in [1.54, 1.807) is 6.07 Å². The normalized spacial score (nSPS) is 24.5. The lowest BCUT2D eigenvalue weighted by Gasteiger charge is -2.36. The van der Waals surface area contributed by atoms with Crippen LogP contribution in [0.4, 0.5) is 4.39 Å². The van der Waals surface area contributed by atoms with Crippen molar-refractivity contribution in [3.63, 3.8) is 0 Å². The van der Waals surface area contributed by atoms with Crippen LogP contribution in [0.2, 0.25) is 0 Å². The van der Waals surface area contributed by atoms with Crippen LogP contribution in [-0.2, 0) is 11.3 Å². The maximum atomic E-state index is 13.8. The second kappa shape index (κ2) is 8.15. The molecule has 0 unspecified atom stereocenters. The fraction of sp³-hybridized carbons (Fsp3) is 0.632. The first-order valence-corrected chi connectivity index (χ1v) is 9.16. The molecule has 3 rings (SSSR count). The number of hydrogen-bond donors (Lipinski definition) is 1. The summed E-state index contributed by atoms with van der Waals surface area (Å²) in [5.74, 6) is 0.691. The molecule has 1 aromatic carbocycles. The van der Waals surface area contributed by atoms with Gasteiger partial charge in [0.05, 0.1) is 7.11 Å². The van der Waals surface area contributed by atoms with E-state index in [1.807, 2.05) is 11.0 Å². The highest BCUT2D eigenvalue weighted by molar-refractivity contribution is 5.79. The first kappa shape index (κ1) is 18.1. The van der Waals surface area contributed by atoms with Crippen LogP contribution in [0.15, 0.2) is 18.2 Å². The number of benzene rings is 1. The lowest BCUT2D eigenvalue weighted by atomic mass is 9.94. The number of carbonyl (C=O) groups is 1. The first-order chi connectivity index (χ1) is 12.1. The zero-order valence-corrected chi connectivity index (χ0v) is 14.9. The van der Waals surface area contributed by atoms with Gasteiger partial charge in [-0.2, -0.15) is 0 Å². The van der Waals surface area contributed by atoms with Gasteiger partial charge in [-0.05, 0) is 43.0 Å². The van der Waals surface area contributed by atoms with E-state index in [4.69, 9.17) is 10.5 Å². The molecule has 2 fully saturated rings. The summed E-state index contributed by atoms with van der Waals surface area (Å²) in [5.41, 5.74) is 6.74. The largest absolute Gasteiger partial charge is 0.494 e. The van der Waals surface area contributed by atoms with Crippen molar-refractivity contribution in [2.45, 2.75) is 25.8 Å². The van der Waals surface area contributed by atoms with E-state index in [-0.39, 0.29) is 23.4 Å². The molecule has 5 nitrogen and oxygen atoms in total. The summed E-state index contributed by atoms with van der Waals surface area (Å²) in [5, 5.41) is 0. The van der Waals surface area contributed by atoms with Gasteiger partial charge >= 0.3 is 0 Å². The molecular formula is C19H28FN3O2. The molecule has 1 saturated heterocycles. The summed E-state index contributed by atoms with van der Waals surface area (Å²) in [7, 11) is 1.47. The quantitative estimate of drug-likeness (QED) is 0.881. The van der Waals surface area contributed by atoms with E-state index in [0.717, 1.165) is 51.0 Å². The van der Waals surface area contributed by atoms with E-state index in [2.05, 4.69) is 4.90 Å². The number of nitrogens with zero attached hydrogens (tertiary/aromatic N) is 2. The number of amides is 1. The zero-order chi connectivity index (χ0) is 17.8. The van der Waals surface area contributed by atoms with Gasteiger partial charge in [-0.1, -0.05) is 12.5 Å². The van der Waals surface area contributed by atoms with Gasteiger partial charge in [0.1, 0.15) is 0 Å². The fourth-order valence-electron chi connectivity index (χ4n) is 4.07. The van der Waals surface area contributed by atoms with Gasteiger partial charge in [0.25, 0.3) is 0 Å². The van der Waals surface area contributed by atoms with E-state index < -0.39 is 0 Å². The third-order valence-electron chi connectivity index (χ3n) is 5.59. The van der Waals surface area contributed by atoms with Gasteiger partial charge in [0.15, 0.2) is 11.6 Å². The van der Waals surface area contributed by atoms with Gasteiger partial charge in [-0.25, -0.2) is 4.39 Å². The molecule has 1 saturated carbocycles. The first-order valence-electron chi connectivity index (χ1n) is 9.16. The van der Waals surface area contributed by atoms with Crippen LogP contribution in [0.1, 0.15) is 24.8 Å². The summed E-state index contributed by atoms with van der Waals surface area (Å²) in [6, 6.07) is 5.09. The van der Waals surface area contributed by atoms with Gasteiger partial charge < -0.3 is 15.4 Å². The Morgan fingerprint density at radius 3 is 2.68 bits per heavy atom. The van der Waals surface area contributed by atoms with Crippen molar-refractivity contribution in [1.82, 2.24) is 9.80 Å². The van der Waals surface area contributed by atoms with Crippen molar-refractivity contribution in [3.05, 3.63) is 29.6 Å². The Morgan fingerprint density at radius 2 is 2.04 bits per heavy atom. The van der Waals surface area contributed by atoms with Gasteiger partial charge in [-0.3, -0.25) is 9.69 Å². The summed E-state index contributed by atoms with van der Waals surface area (Å²) < 4.78 is 18.8. The number of rotatable bonds is 5. The molecular weight excluding hydrogens is 321 g/mol. The van der Waals surface area contributed by atoms with E-state index in [9.17, 15) is 9.18 Å². The lowest BCUT2D eigenvalue weighted by molar-refractivity contribution is -0.138. The SMILES string of the molecule is COc1ccc(CN2CCN(C(=O)[C@@H]3CCC[C@@H]3CN)CC2)cc1F. The number of halogens is 1. The van der Waals surface area contributed by atoms with Crippen LogP contribution < -0.4 is 10.5 Å². The number of nitrogens with two attached hydrogens (primary N) is 1. The number of methoxy groups -OCH3 is 1. The molecule has 138 valence electrons. The van der Waals surface area contributed by atoms with Crippen LogP contribution in [0.25, 0.3) is 0 Å². The molecule has 1 aliphatic heterocycles. The Morgan fingerprint density at radius 1 is 1.28 bits per heavy atom. The Balaban J connectivity index is 1.51. The maximum Gasteiger partial charge on any atom is 0.226 e. The molecule has 1 heterocycles. The number of piperazine rings is 1. The molecule has 2 atom stereocenters. The average Bonchev–Trinajstić information content (AvgIpc) is 3.11. The Bertz CT molecular complexity index is 602. The molecule has 0 bridgehead atoms. The summed E-state index contributed by atoms with van der Waals surface area (Å²) in [4.78, 5) is 17.0. The molecule has 25 heavy (non-hydrogen) atoms. The molecule has 2 aliphatic rings. The molecule has 1 aliphatic carbocycles. The highest BCUT2D eigenvalue weighted by Gasteiger charge is 2.35. The smallest absolute Gasteiger partial charge is 0.226 e. The minimum absolute atomic E-state index is 0.118. The van der Waals surface area contributed by atoms with E-state index in [0.29, 0.717) is 19.0 Å². The number of ether oxygens (including phenoxy) is 1.